The zero-order chi connectivity index (χ0) is 20.1. The van der Waals surface area contributed by atoms with Crippen LogP contribution in [0.15, 0.2) is 71.5 Å². The summed E-state index contributed by atoms with van der Waals surface area (Å²) in [7, 11) is 0. The molecule has 5 heteroatoms. The fraction of sp³-hybridized carbons (Fsp3) is 0.261. The van der Waals surface area contributed by atoms with Crippen LogP contribution in [0.25, 0.3) is 0 Å². The average Bonchev–Trinajstić information content (AvgIpc) is 3.15. The summed E-state index contributed by atoms with van der Waals surface area (Å²) in [6.07, 6.45) is 3.18. The number of carbonyl (C=O) groups is 1. The van der Waals surface area contributed by atoms with Crippen LogP contribution in [0, 0.1) is 5.92 Å². The van der Waals surface area contributed by atoms with Crippen molar-refractivity contribution in [3.8, 4) is 11.5 Å². The molecule has 1 atom stereocenters. The molecule has 1 unspecified atom stereocenters. The van der Waals surface area contributed by atoms with Gasteiger partial charge >= 0.3 is 6.09 Å². The highest BCUT2D eigenvalue weighted by molar-refractivity contribution is 5.86. The monoisotopic (exact) mass is 379 g/mol. The maximum Gasteiger partial charge on any atom is 0.417 e. The highest BCUT2D eigenvalue weighted by Gasteiger charge is 2.30. The number of aromatic hydroxyl groups is 1. The van der Waals surface area contributed by atoms with E-state index in [1.807, 2.05) is 36.4 Å². The van der Waals surface area contributed by atoms with Crippen LogP contribution in [0.2, 0.25) is 0 Å². The minimum Gasteiger partial charge on any atom is -0.508 e. The number of carbonyl (C=O) groups excluding carboxylic acids is 1. The molecule has 2 N–H and O–H groups in total. The molecule has 0 radical (unpaired) electrons. The van der Waals surface area contributed by atoms with E-state index in [1.165, 1.54) is 12.5 Å². The van der Waals surface area contributed by atoms with E-state index in [9.17, 15) is 9.90 Å². The minimum atomic E-state index is -0.572. The highest BCUT2D eigenvalue weighted by Crippen LogP contribution is 2.38. The van der Waals surface area contributed by atoms with Crippen molar-refractivity contribution in [2.45, 2.75) is 32.6 Å². The molecule has 1 aromatic heterocycles. The van der Waals surface area contributed by atoms with Gasteiger partial charge in [0.2, 0.25) is 0 Å². The summed E-state index contributed by atoms with van der Waals surface area (Å²) in [4.78, 5) is 12.0. The Balaban J connectivity index is 1.80. The second kappa shape index (κ2) is 8.21. The van der Waals surface area contributed by atoms with E-state index in [4.69, 9.17) is 9.15 Å². The molecule has 1 amide bonds. The molecule has 0 fully saturated rings. The first-order valence-electron chi connectivity index (χ1n) is 9.28. The maximum absolute atomic E-state index is 12.0. The number of nitrogens with one attached hydrogen (secondary N) is 1. The Hall–Kier alpha value is -3.21. The molecule has 0 bridgehead atoms. The third-order valence-corrected chi connectivity index (χ3v) is 4.79. The van der Waals surface area contributed by atoms with Crippen LogP contribution in [0.1, 0.15) is 38.3 Å². The summed E-state index contributed by atoms with van der Waals surface area (Å²) in [5.41, 5.74) is 2.71. The summed E-state index contributed by atoms with van der Waals surface area (Å²) in [6.45, 7) is 6.59. The summed E-state index contributed by atoms with van der Waals surface area (Å²) >= 11 is 0. The number of phenolic OH excluding ortho intramolecular Hbond substituents is 1. The molecule has 146 valence electrons. The number of anilines is 1. The van der Waals surface area contributed by atoms with Gasteiger partial charge in [-0.1, -0.05) is 45.0 Å². The van der Waals surface area contributed by atoms with Gasteiger partial charge in [-0.3, -0.25) is 5.32 Å². The lowest BCUT2D eigenvalue weighted by atomic mass is 9.71. The molecule has 0 aliphatic carbocycles. The van der Waals surface area contributed by atoms with Gasteiger partial charge in [0.15, 0.2) is 5.75 Å². The van der Waals surface area contributed by atoms with Crippen LogP contribution in [0.3, 0.4) is 0 Å². The number of furan rings is 1. The van der Waals surface area contributed by atoms with E-state index in [1.54, 1.807) is 18.2 Å². The number of phenols is 1. The predicted molar refractivity (Wildman–Crippen MR) is 109 cm³/mol. The minimum absolute atomic E-state index is 0.211. The SMILES string of the molecule is CC(C)CC(C)(c1ccc(O)cc1)c1ccc(NC(=O)Oc2ccoc2)cc1. The molecule has 0 saturated heterocycles. The molecule has 5 nitrogen and oxygen atoms in total. The average molecular weight is 379 g/mol. The molecule has 0 spiro atoms. The van der Waals surface area contributed by atoms with Crippen molar-refractivity contribution in [3.05, 3.63) is 78.3 Å². The van der Waals surface area contributed by atoms with E-state index in [-0.39, 0.29) is 11.2 Å². The van der Waals surface area contributed by atoms with Gasteiger partial charge in [0.1, 0.15) is 12.0 Å². The third-order valence-electron chi connectivity index (χ3n) is 4.79. The molecule has 0 aliphatic rings. The fourth-order valence-corrected chi connectivity index (χ4v) is 3.53. The number of amides is 1. The van der Waals surface area contributed by atoms with Crippen molar-refractivity contribution in [2.75, 3.05) is 5.32 Å². The maximum atomic E-state index is 12.0. The lowest BCUT2D eigenvalue weighted by Gasteiger charge is -2.33. The number of ether oxygens (including phenoxy) is 1. The summed E-state index contributed by atoms with van der Waals surface area (Å²) in [6, 6.07) is 16.7. The molecule has 3 aromatic rings. The van der Waals surface area contributed by atoms with Gasteiger partial charge < -0.3 is 14.3 Å². The second-order valence-corrected chi connectivity index (χ2v) is 7.53. The molecule has 0 aliphatic heterocycles. The Morgan fingerprint density at radius 1 is 1.07 bits per heavy atom. The Bertz CT molecular complexity index is 899. The first-order valence-corrected chi connectivity index (χ1v) is 9.28. The number of benzene rings is 2. The normalized spacial score (nSPS) is 13.1. The summed E-state index contributed by atoms with van der Waals surface area (Å²) in [5.74, 6) is 1.10. The van der Waals surface area contributed by atoms with Crippen LogP contribution in [0.4, 0.5) is 10.5 Å². The van der Waals surface area contributed by atoms with Crippen molar-refractivity contribution >= 4 is 11.8 Å². The van der Waals surface area contributed by atoms with Gasteiger partial charge in [-0.15, -0.1) is 0 Å². The number of rotatable bonds is 6. The zero-order valence-electron chi connectivity index (χ0n) is 16.3. The third kappa shape index (κ3) is 4.55. The van der Waals surface area contributed by atoms with Gasteiger partial charge in [0.25, 0.3) is 0 Å². The van der Waals surface area contributed by atoms with E-state index in [0.717, 1.165) is 17.5 Å². The van der Waals surface area contributed by atoms with Crippen molar-refractivity contribution in [3.63, 3.8) is 0 Å². The molecule has 3 rings (SSSR count). The Morgan fingerprint density at radius 2 is 1.68 bits per heavy atom. The second-order valence-electron chi connectivity index (χ2n) is 7.53. The van der Waals surface area contributed by atoms with Gasteiger partial charge in [-0.25, -0.2) is 4.79 Å². The van der Waals surface area contributed by atoms with Crippen molar-refractivity contribution < 1.29 is 19.1 Å². The molecular weight excluding hydrogens is 354 g/mol. The van der Waals surface area contributed by atoms with Crippen LogP contribution in [0.5, 0.6) is 11.5 Å². The first kappa shape index (κ1) is 19.5. The van der Waals surface area contributed by atoms with Crippen molar-refractivity contribution in [1.29, 1.82) is 0 Å². The summed E-state index contributed by atoms with van der Waals surface area (Å²) in [5, 5.41) is 12.3. The summed E-state index contributed by atoms with van der Waals surface area (Å²) < 4.78 is 10.0. The van der Waals surface area contributed by atoms with Gasteiger partial charge in [-0.05, 0) is 47.7 Å². The van der Waals surface area contributed by atoms with Gasteiger partial charge in [-0.2, -0.15) is 0 Å². The lowest BCUT2D eigenvalue weighted by Crippen LogP contribution is -2.26. The van der Waals surface area contributed by atoms with Crippen molar-refractivity contribution in [2.24, 2.45) is 5.92 Å². The molecule has 28 heavy (non-hydrogen) atoms. The number of hydrogen-bond acceptors (Lipinski definition) is 4. The van der Waals surface area contributed by atoms with E-state index >= 15 is 0 Å². The van der Waals surface area contributed by atoms with Crippen LogP contribution >= 0.6 is 0 Å². The Morgan fingerprint density at radius 3 is 2.21 bits per heavy atom. The smallest absolute Gasteiger partial charge is 0.417 e. The van der Waals surface area contributed by atoms with E-state index in [2.05, 4.69) is 26.1 Å². The van der Waals surface area contributed by atoms with E-state index in [0.29, 0.717) is 17.4 Å². The molecular formula is C23H25NO4. The van der Waals surface area contributed by atoms with Crippen LogP contribution < -0.4 is 10.1 Å². The largest absolute Gasteiger partial charge is 0.508 e. The fourth-order valence-electron chi connectivity index (χ4n) is 3.53. The molecule has 2 aromatic carbocycles. The molecule has 1 heterocycles. The zero-order valence-corrected chi connectivity index (χ0v) is 16.3. The Labute approximate surface area is 165 Å². The van der Waals surface area contributed by atoms with Crippen molar-refractivity contribution in [1.82, 2.24) is 0 Å². The highest BCUT2D eigenvalue weighted by atomic mass is 16.6. The molecule has 0 saturated carbocycles. The topological polar surface area (TPSA) is 71.7 Å². The quantitative estimate of drug-likeness (QED) is 0.555. The van der Waals surface area contributed by atoms with Gasteiger partial charge in [0.05, 0.1) is 6.26 Å². The standard InChI is InChI=1S/C23H25NO4/c1-16(2)14-23(3,18-6-10-20(25)11-7-18)17-4-8-19(9-5-17)24-22(26)28-21-12-13-27-15-21/h4-13,15-16,25H,14H2,1-3H3,(H,24,26). The Kier molecular flexibility index (Phi) is 5.73. The van der Waals surface area contributed by atoms with Gasteiger partial charge in [0, 0.05) is 17.2 Å². The predicted octanol–water partition coefficient (Wildman–Crippen LogP) is 5.95. The number of hydrogen-bond donors (Lipinski definition) is 2. The van der Waals surface area contributed by atoms with E-state index < -0.39 is 6.09 Å². The van der Waals surface area contributed by atoms with Crippen LogP contribution in [-0.4, -0.2) is 11.2 Å². The van der Waals surface area contributed by atoms with Crippen LogP contribution in [-0.2, 0) is 5.41 Å². The first-order chi connectivity index (χ1) is 13.4. The lowest BCUT2D eigenvalue weighted by molar-refractivity contribution is 0.214.